The normalized spacial score (nSPS) is 22.7. The van der Waals surface area contributed by atoms with E-state index in [2.05, 4.69) is 0 Å². The van der Waals surface area contributed by atoms with Gasteiger partial charge >= 0.3 is 5.97 Å². The van der Waals surface area contributed by atoms with Crippen molar-refractivity contribution in [2.75, 3.05) is 45.6 Å². The Bertz CT molecular complexity index is 1200. The predicted molar refractivity (Wildman–Crippen MR) is 157 cm³/mol. The van der Waals surface area contributed by atoms with Crippen molar-refractivity contribution < 1.29 is 27.5 Å². The van der Waals surface area contributed by atoms with Gasteiger partial charge in [0.15, 0.2) is 11.7 Å². The van der Waals surface area contributed by atoms with E-state index in [-0.39, 0.29) is 55.9 Å². The van der Waals surface area contributed by atoms with Crippen molar-refractivity contribution in [1.82, 2.24) is 14.1 Å². The number of amides is 1. The number of ether oxygens (including phenoxy) is 1. The molecule has 3 saturated heterocycles. The van der Waals surface area contributed by atoms with Crippen molar-refractivity contribution in [2.24, 2.45) is 23.5 Å². The number of ketones is 1. The van der Waals surface area contributed by atoms with Gasteiger partial charge in [0, 0.05) is 45.1 Å². The third-order valence-electron chi connectivity index (χ3n) is 8.65. The summed E-state index contributed by atoms with van der Waals surface area (Å²) in [6.07, 6.45) is 4.56. The lowest BCUT2D eigenvalue weighted by molar-refractivity contribution is -0.141. The standard InChI is InChI=1S/C28H41N5O6S.CH4/c1-3-39-27(36)22-6-4-19(5-7-22)16-25(34)24-17-23(20-10-14-32(15-11-20)40(2,37)38)18-33(24)26(35)21-8-12-31(13-9-21)28(29)30;/h4-7,20-21,23-24H,3,8-18H2,1-2H3,(H3,29,30);1H4/t23-,24-;/m0./s1. The molecule has 1 amide bonds. The Labute approximate surface area is 243 Å². The Morgan fingerprint density at radius 3 is 2.15 bits per heavy atom. The number of nitrogens with one attached hydrogen (secondary N) is 1. The summed E-state index contributed by atoms with van der Waals surface area (Å²) in [7, 11) is -3.24. The molecule has 0 aromatic heterocycles. The third kappa shape index (κ3) is 7.85. The molecule has 3 heterocycles. The molecule has 3 aliphatic heterocycles. The van der Waals surface area contributed by atoms with Crippen molar-refractivity contribution in [2.45, 2.75) is 58.9 Å². The topological polar surface area (TPSA) is 154 Å². The fourth-order valence-corrected chi connectivity index (χ4v) is 7.21. The second kappa shape index (κ2) is 13.8. The van der Waals surface area contributed by atoms with Crippen LogP contribution in [-0.2, 0) is 30.8 Å². The van der Waals surface area contributed by atoms with E-state index >= 15 is 0 Å². The number of hydrogen-bond donors (Lipinski definition) is 2. The van der Waals surface area contributed by atoms with Gasteiger partial charge in [0.1, 0.15) is 0 Å². The number of nitrogens with two attached hydrogens (primary N) is 1. The van der Waals surface area contributed by atoms with Crippen molar-refractivity contribution in [3.8, 4) is 0 Å². The van der Waals surface area contributed by atoms with Crippen LogP contribution in [0.5, 0.6) is 0 Å². The third-order valence-corrected chi connectivity index (χ3v) is 9.95. The number of carbonyl (C=O) groups is 3. The smallest absolute Gasteiger partial charge is 0.338 e. The van der Waals surface area contributed by atoms with Crippen molar-refractivity contribution in [3.05, 3.63) is 35.4 Å². The molecule has 2 atom stereocenters. The molecule has 0 bridgehead atoms. The lowest BCUT2D eigenvalue weighted by Crippen LogP contribution is -2.49. The summed E-state index contributed by atoms with van der Waals surface area (Å²) in [4.78, 5) is 42.9. The Morgan fingerprint density at radius 1 is 1.00 bits per heavy atom. The molecule has 3 fully saturated rings. The van der Waals surface area contributed by atoms with E-state index in [0.29, 0.717) is 70.4 Å². The molecular weight excluding hydrogens is 546 g/mol. The molecule has 11 nitrogen and oxygen atoms in total. The first kappa shape index (κ1) is 32.5. The summed E-state index contributed by atoms with van der Waals surface area (Å²) < 4.78 is 30.5. The number of rotatable bonds is 8. The van der Waals surface area contributed by atoms with Gasteiger partial charge in [-0.1, -0.05) is 19.6 Å². The van der Waals surface area contributed by atoms with Crippen LogP contribution in [0.1, 0.15) is 62.4 Å². The summed E-state index contributed by atoms with van der Waals surface area (Å²) in [6, 6.07) is 6.27. The van der Waals surface area contributed by atoms with Crippen LogP contribution < -0.4 is 5.73 Å². The molecule has 0 spiro atoms. The zero-order valence-corrected chi connectivity index (χ0v) is 24.2. The molecule has 12 heteroatoms. The molecule has 228 valence electrons. The number of piperidine rings is 2. The maximum Gasteiger partial charge on any atom is 0.338 e. The molecular formula is C29H45N5O6S. The molecule has 0 saturated carbocycles. The summed E-state index contributed by atoms with van der Waals surface area (Å²) in [5, 5.41) is 7.67. The van der Waals surface area contributed by atoms with Crippen molar-refractivity contribution >= 4 is 33.6 Å². The Balaban J connectivity index is 0.00000462. The zero-order chi connectivity index (χ0) is 29.0. The van der Waals surface area contributed by atoms with Gasteiger partial charge in [-0.3, -0.25) is 15.0 Å². The van der Waals surface area contributed by atoms with E-state index in [4.69, 9.17) is 15.9 Å². The first-order valence-corrected chi connectivity index (χ1v) is 16.0. The van der Waals surface area contributed by atoms with Crippen LogP contribution in [0.2, 0.25) is 0 Å². The second-order valence-corrected chi connectivity index (χ2v) is 13.2. The number of likely N-dealkylation sites (tertiary alicyclic amines) is 2. The molecule has 1 aromatic rings. The van der Waals surface area contributed by atoms with Crippen molar-refractivity contribution in [3.63, 3.8) is 0 Å². The van der Waals surface area contributed by atoms with Crippen LogP contribution in [0, 0.1) is 23.2 Å². The second-order valence-electron chi connectivity index (χ2n) is 11.2. The molecule has 3 aliphatic rings. The summed E-state index contributed by atoms with van der Waals surface area (Å²) in [5.41, 5.74) is 6.82. The summed E-state index contributed by atoms with van der Waals surface area (Å²) in [6.45, 7) is 4.53. The zero-order valence-electron chi connectivity index (χ0n) is 23.4. The number of hydrogen-bond acceptors (Lipinski definition) is 7. The highest BCUT2D eigenvalue weighted by Gasteiger charge is 2.44. The Kier molecular flexibility index (Phi) is 10.9. The Morgan fingerprint density at radius 2 is 1.61 bits per heavy atom. The number of Topliss-reactive ketones (excluding diaryl/α,β-unsaturated/α-hetero) is 1. The number of guanidine groups is 1. The average molecular weight is 592 g/mol. The van der Waals surface area contributed by atoms with E-state index in [9.17, 15) is 22.8 Å². The van der Waals surface area contributed by atoms with Gasteiger partial charge in [-0.15, -0.1) is 0 Å². The lowest BCUT2D eigenvalue weighted by Gasteiger charge is -2.35. The van der Waals surface area contributed by atoms with Gasteiger partial charge in [-0.2, -0.15) is 0 Å². The molecule has 4 rings (SSSR count). The van der Waals surface area contributed by atoms with Gasteiger partial charge in [0.2, 0.25) is 15.9 Å². The summed E-state index contributed by atoms with van der Waals surface area (Å²) >= 11 is 0. The van der Waals surface area contributed by atoms with Crippen LogP contribution >= 0.6 is 0 Å². The lowest BCUT2D eigenvalue weighted by atomic mass is 9.83. The first-order valence-electron chi connectivity index (χ1n) is 14.1. The SMILES string of the molecule is C.CCOC(=O)c1ccc(CC(=O)[C@@H]2C[C@H](C3CCN(S(C)(=O)=O)CC3)CN2C(=O)C2CCN(C(=N)N)CC2)cc1. The average Bonchev–Trinajstić information content (AvgIpc) is 3.38. The quantitative estimate of drug-likeness (QED) is 0.265. The van der Waals surface area contributed by atoms with Gasteiger partial charge in [-0.05, 0) is 68.6 Å². The molecule has 0 aliphatic carbocycles. The van der Waals surface area contributed by atoms with Crippen LogP contribution in [0.15, 0.2) is 24.3 Å². The molecule has 0 unspecified atom stereocenters. The van der Waals surface area contributed by atoms with E-state index in [1.54, 1.807) is 41.0 Å². The van der Waals surface area contributed by atoms with E-state index in [1.165, 1.54) is 10.6 Å². The monoisotopic (exact) mass is 591 g/mol. The summed E-state index contributed by atoms with van der Waals surface area (Å²) in [5.74, 6) is -0.300. The number of sulfonamides is 1. The predicted octanol–water partition coefficient (Wildman–Crippen LogP) is 2.11. The van der Waals surface area contributed by atoms with E-state index in [0.717, 1.165) is 5.56 Å². The van der Waals surface area contributed by atoms with E-state index in [1.807, 2.05) is 0 Å². The van der Waals surface area contributed by atoms with Gasteiger partial charge < -0.3 is 20.3 Å². The van der Waals surface area contributed by atoms with Gasteiger partial charge in [-0.25, -0.2) is 17.5 Å². The minimum absolute atomic E-state index is 0. The fraction of sp³-hybridized carbons (Fsp3) is 0.655. The van der Waals surface area contributed by atoms with Crippen LogP contribution in [0.25, 0.3) is 0 Å². The number of esters is 1. The number of nitrogens with zero attached hydrogens (tertiary/aromatic N) is 3. The highest BCUT2D eigenvalue weighted by Crippen LogP contribution is 2.37. The Hall–Kier alpha value is -2.99. The molecule has 41 heavy (non-hydrogen) atoms. The van der Waals surface area contributed by atoms with Crippen LogP contribution in [-0.4, -0.2) is 97.8 Å². The minimum Gasteiger partial charge on any atom is -0.462 e. The van der Waals surface area contributed by atoms with Crippen LogP contribution in [0.3, 0.4) is 0 Å². The maximum absolute atomic E-state index is 13.8. The fourth-order valence-electron chi connectivity index (χ4n) is 6.33. The largest absolute Gasteiger partial charge is 0.462 e. The van der Waals surface area contributed by atoms with E-state index < -0.39 is 22.0 Å². The van der Waals surface area contributed by atoms with Crippen molar-refractivity contribution in [1.29, 1.82) is 5.41 Å². The molecule has 1 aromatic carbocycles. The minimum atomic E-state index is -3.24. The van der Waals surface area contributed by atoms with Gasteiger partial charge in [0.25, 0.3) is 0 Å². The maximum atomic E-state index is 13.8. The number of benzene rings is 1. The molecule has 3 N–H and O–H groups in total. The highest BCUT2D eigenvalue weighted by atomic mass is 32.2. The number of carbonyl (C=O) groups excluding carboxylic acids is 3. The van der Waals surface area contributed by atoms with Crippen LogP contribution in [0.4, 0.5) is 0 Å². The molecule has 0 radical (unpaired) electrons. The first-order chi connectivity index (χ1) is 19.0. The van der Waals surface area contributed by atoms with Gasteiger partial charge in [0.05, 0.1) is 24.5 Å². The highest BCUT2D eigenvalue weighted by molar-refractivity contribution is 7.88.